The number of ether oxygens (including phenoxy) is 1. The van der Waals surface area contributed by atoms with Crippen molar-refractivity contribution in [3.8, 4) is 11.5 Å². The average molecular weight is 315 g/mol. The van der Waals surface area contributed by atoms with E-state index >= 15 is 0 Å². The second-order valence-corrected chi connectivity index (χ2v) is 4.61. The van der Waals surface area contributed by atoms with Gasteiger partial charge in [0.25, 0.3) is 0 Å². The Labute approximate surface area is 112 Å². The minimum absolute atomic E-state index is 0.112. The Hall–Kier alpha value is -1.10. The minimum atomic E-state index is -0.112. The monoisotopic (exact) mass is 313 g/mol. The SMILES string of the molecule is OCc1cc(Oc2ccc(Cl)cc2Br)ccn1. The Kier molecular flexibility index (Phi) is 3.99. The summed E-state index contributed by atoms with van der Waals surface area (Å²) in [6.07, 6.45) is 1.59. The number of hydrogen-bond acceptors (Lipinski definition) is 3. The zero-order valence-corrected chi connectivity index (χ0v) is 11.1. The average Bonchev–Trinajstić information content (AvgIpc) is 2.33. The first-order valence-corrected chi connectivity index (χ1v) is 6.05. The fraction of sp³-hybridized carbons (Fsp3) is 0.0833. The lowest BCUT2D eigenvalue weighted by Crippen LogP contribution is -1.91. The molecule has 1 heterocycles. The maximum atomic E-state index is 8.97. The summed E-state index contributed by atoms with van der Waals surface area (Å²) in [4.78, 5) is 3.97. The van der Waals surface area contributed by atoms with Gasteiger partial charge in [-0.2, -0.15) is 0 Å². The lowest BCUT2D eigenvalue weighted by atomic mass is 10.3. The van der Waals surface area contributed by atoms with Gasteiger partial charge in [-0.3, -0.25) is 4.98 Å². The van der Waals surface area contributed by atoms with Gasteiger partial charge >= 0.3 is 0 Å². The molecular formula is C12H9BrClNO2. The highest BCUT2D eigenvalue weighted by atomic mass is 79.9. The minimum Gasteiger partial charge on any atom is -0.456 e. The fourth-order valence-corrected chi connectivity index (χ4v) is 2.05. The van der Waals surface area contributed by atoms with E-state index in [0.717, 1.165) is 4.47 Å². The number of rotatable bonds is 3. The summed E-state index contributed by atoms with van der Waals surface area (Å²) >= 11 is 9.20. The van der Waals surface area contributed by atoms with Gasteiger partial charge in [0.1, 0.15) is 11.5 Å². The molecule has 1 aromatic carbocycles. The van der Waals surface area contributed by atoms with Crippen molar-refractivity contribution >= 4 is 27.5 Å². The van der Waals surface area contributed by atoms with Crippen LogP contribution in [0.5, 0.6) is 11.5 Å². The second-order valence-electron chi connectivity index (χ2n) is 3.32. The van der Waals surface area contributed by atoms with Crippen molar-refractivity contribution in [2.75, 3.05) is 0 Å². The van der Waals surface area contributed by atoms with Crippen molar-refractivity contribution in [1.29, 1.82) is 0 Å². The van der Waals surface area contributed by atoms with Crippen LogP contribution in [0.1, 0.15) is 5.69 Å². The summed E-state index contributed by atoms with van der Waals surface area (Å²) in [5, 5.41) is 9.61. The molecule has 0 amide bonds. The molecule has 0 atom stereocenters. The first-order chi connectivity index (χ1) is 8.19. The van der Waals surface area contributed by atoms with Crippen LogP contribution in [0.15, 0.2) is 41.0 Å². The quantitative estimate of drug-likeness (QED) is 0.937. The maximum absolute atomic E-state index is 8.97. The molecular weight excluding hydrogens is 305 g/mol. The predicted molar refractivity (Wildman–Crippen MR) is 69.4 cm³/mol. The van der Waals surface area contributed by atoms with E-state index in [4.69, 9.17) is 21.4 Å². The molecule has 0 fully saturated rings. The van der Waals surface area contributed by atoms with E-state index in [0.29, 0.717) is 22.2 Å². The standard InChI is InChI=1S/C12H9BrClNO2/c13-11-5-8(14)1-2-12(11)17-10-3-4-15-9(6-10)7-16/h1-6,16H,7H2. The van der Waals surface area contributed by atoms with Crippen molar-refractivity contribution < 1.29 is 9.84 Å². The van der Waals surface area contributed by atoms with Gasteiger partial charge in [0.15, 0.2) is 0 Å². The highest BCUT2D eigenvalue weighted by molar-refractivity contribution is 9.10. The van der Waals surface area contributed by atoms with E-state index in [2.05, 4.69) is 20.9 Å². The van der Waals surface area contributed by atoms with Crippen LogP contribution < -0.4 is 4.74 Å². The molecule has 0 aliphatic carbocycles. The third kappa shape index (κ3) is 3.19. The molecule has 0 bridgehead atoms. The number of nitrogens with zero attached hydrogens (tertiary/aromatic N) is 1. The normalized spacial score (nSPS) is 10.3. The van der Waals surface area contributed by atoms with Gasteiger partial charge < -0.3 is 9.84 Å². The van der Waals surface area contributed by atoms with Crippen molar-refractivity contribution in [2.45, 2.75) is 6.61 Å². The van der Waals surface area contributed by atoms with Crippen LogP contribution in [0.3, 0.4) is 0 Å². The van der Waals surface area contributed by atoms with Crippen molar-refractivity contribution in [3.63, 3.8) is 0 Å². The van der Waals surface area contributed by atoms with E-state index in [1.807, 2.05) is 0 Å². The van der Waals surface area contributed by atoms with Crippen molar-refractivity contribution in [2.24, 2.45) is 0 Å². The Morgan fingerprint density at radius 3 is 2.82 bits per heavy atom. The van der Waals surface area contributed by atoms with Crippen LogP contribution in [-0.2, 0) is 6.61 Å². The highest BCUT2D eigenvalue weighted by Gasteiger charge is 2.04. The predicted octanol–water partition coefficient (Wildman–Crippen LogP) is 3.78. The molecule has 17 heavy (non-hydrogen) atoms. The summed E-state index contributed by atoms with van der Waals surface area (Å²) in [7, 11) is 0. The van der Waals surface area contributed by atoms with E-state index in [9.17, 15) is 0 Å². The van der Waals surface area contributed by atoms with Gasteiger partial charge in [-0.15, -0.1) is 0 Å². The molecule has 0 saturated heterocycles. The molecule has 2 rings (SSSR count). The summed E-state index contributed by atoms with van der Waals surface area (Å²) in [5.41, 5.74) is 0.563. The van der Waals surface area contributed by atoms with E-state index in [1.54, 1.807) is 36.5 Å². The van der Waals surface area contributed by atoms with Crippen LogP contribution >= 0.6 is 27.5 Å². The molecule has 0 radical (unpaired) electrons. The molecule has 2 aromatic rings. The van der Waals surface area contributed by atoms with Crippen molar-refractivity contribution in [3.05, 3.63) is 51.7 Å². The molecule has 3 nitrogen and oxygen atoms in total. The number of aliphatic hydroxyl groups is 1. The molecule has 88 valence electrons. The number of aliphatic hydroxyl groups excluding tert-OH is 1. The van der Waals surface area contributed by atoms with E-state index in [1.165, 1.54) is 0 Å². The molecule has 0 unspecified atom stereocenters. The number of hydrogen-bond donors (Lipinski definition) is 1. The van der Waals surface area contributed by atoms with Gasteiger partial charge in [-0.05, 0) is 40.2 Å². The lowest BCUT2D eigenvalue weighted by molar-refractivity contribution is 0.276. The van der Waals surface area contributed by atoms with Crippen LogP contribution in [-0.4, -0.2) is 10.1 Å². The van der Waals surface area contributed by atoms with Crippen LogP contribution in [0.25, 0.3) is 0 Å². The zero-order chi connectivity index (χ0) is 12.3. The zero-order valence-electron chi connectivity index (χ0n) is 8.73. The first-order valence-electron chi connectivity index (χ1n) is 4.88. The highest BCUT2D eigenvalue weighted by Crippen LogP contribution is 2.31. The first kappa shape index (κ1) is 12.4. The molecule has 1 aromatic heterocycles. The summed E-state index contributed by atoms with van der Waals surface area (Å²) in [5.74, 6) is 1.27. The topological polar surface area (TPSA) is 42.4 Å². The Balaban J connectivity index is 2.25. The molecule has 0 aliphatic rings. The van der Waals surface area contributed by atoms with Crippen LogP contribution in [0, 0.1) is 0 Å². The Morgan fingerprint density at radius 1 is 1.29 bits per heavy atom. The van der Waals surface area contributed by atoms with Gasteiger partial charge in [-0.1, -0.05) is 11.6 Å². The van der Waals surface area contributed by atoms with Crippen LogP contribution in [0.4, 0.5) is 0 Å². The molecule has 0 spiro atoms. The third-order valence-corrected chi connectivity index (χ3v) is 2.93. The van der Waals surface area contributed by atoms with E-state index < -0.39 is 0 Å². The fourth-order valence-electron chi connectivity index (χ4n) is 1.29. The Morgan fingerprint density at radius 2 is 2.12 bits per heavy atom. The summed E-state index contributed by atoms with van der Waals surface area (Å²) in [6.45, 7) is -0.112. The molecule has 0 aliphatic heterocycles. The smallest absolute Gasteiger partial charge is 0.141 e. The van der Waals surface area contributed by atoms with Crippen molar-refractivity contribution in [1.82, 2.24) is 4.98 Å². The third-order valence-electron chi connectivity index (χ3n) is 2.07. The van der Waals surface area contributed by atoms with Gasteiger partial charge in [0.05, 0.1) is 16.8 Å². The second kappa shape index (κ2) is 5.49. The van der Waals surface area contributed by atoms with Crippen LogP contribution in [0.2, 0.25) is 5.02 Å². The summed E-state index contributed by atoms with van der Waals surface area (Å²) < 4.78 is 6.42. The number of aromatic nitrogens is 1. The number of benzene rings is 1. The van der Waals surface area contributed by atoms with Gasteiger partial charge in [-0.25, -0.2) is 0 Å². The summed E-state index contributed by atoms with van der Waals surface area (Å²) in [6, 6.07) is 8.67. The number of pyridine rings is 1. The van der Waals surface area contributed by atoms with Gasteiger partial charge in [0.2, 0.25) is 0 Å². The molecule has 0 saturated carbocycles. The molecule has 1 N–H and O–H groups in total. The maximum Gasteiger partial charge on any atom is 0.141 e. The lowest BCUT2D eigenvalue weighted by Gasteiger charge is -2.08. The molecule has 5 heteroatoms. The Bertz CT molecular complexity index is 534. The number of halogens is 2. The van der Waals surface area contributed by atoms with E-state index in [-0.39, 0.29) is 6.61 Å². The van der Waals surface area contributed by atoms with Gasteiger partial charge in [0, 0.05) is 17.3 Å². The largest absolute Gasteiger partial charge is 0.456 e.